The maximum atomic E-state index is 12.1. The second kappa shape index (κ2) is 10.2. The van der Waals surface area contributed by atoms with Gasteiger partial charge in [-0.05, 0) is 44.1 Å². The minimum absolute atomic E-state index is 0.0883. The van der Waals surface area contributed by atoms with Gasteiger partial charge in [0.15, 0.2) is 5.16 Å². The van der Waals surface area contributed by atoms with Gasteiger partial charge in [0.05, 0.1) is 5.75 Å². The molecule has 2 aromatic rings. The number of hydrogen-bond acceptors (Lipinski definition) is 5. The number of rotatable bonds is 9. The van der Waals surface area contributed by atoms with Gasteiger partial charge in [-0.2, -0.15) is 0 Å². The monoisotopic (exact) mass is 404 g/mol. The third-order valence-electron chi connectivity index (χ3n) is 4.96. The average Bonchev–Trinajstić information content (AvgIpc) is 3.33. The van der Waals surface area contributed by atoms with Gasteiger partial charge in [-0.3, -0.25) is 4.79 Å². The van der Waals surface area contributed by atoms with Crippen LogP contribution in [0.15, 0.2) is 34.3 Å². The van der Waals surface area contributed by atoms with Gasteiger partial charge in [0.2, 0.25) is 5.91 Å². The molecule has 1 N–H and O–H groups in total. The molecule has 0 spiro atoms. The standard InChI is InChI=1S/C20H28N4OS2/c1-15-8-3-6-11-17(15)27-14-19(25)21-13-7-12-18-22-23-20(26-2)24(18)16-9-4-5-10-16/h3,6,8,11,16H,4-5,7,9-10,12-14H2,1-2H3,(H,21,25). The summed E-state index contributed by atoms with van der Waals surface area (Å²) in [7, 11) is 0. The van der Waals surface area contributed by atoms with Crippen molar-refractivity contribution in [1.29, 1.82) is 0 Å². The van der Waals surface area contributed by atoms with Gasteiger partial charge < -0.3 is 9.88 Å². The minimum atomic E-state index is 0.0883. The summed E-state index contributed by atoms with van der Waals surface area (Å²) in [5, 5.41) is 12.8. The second-order valence-corrected chi connectivity index (χ2v) is 8.71. The molecule has 27 heavy (non-hydrogen) atoms. The molecule has 0 bridgehead atoms. The van der Waals surface area contributed by atoms with Crippen LogP contribution in [-0.4, -0.2) is 39.2 Å². The van der Waals surface area contributed by atoms with Crippen molar-refractivity contribution in [2.45, 2.75) is 61.5 Å². The summed E-state index contributed by atoms with van der Waals surface area (Å²) in [6.45, 7) is 2.75. The maximum Gasteiger partial charge on any atom is 0.230 e. The maximum absolute atomic E-state index is 12.1. The van der Waals surface area contributed by atoms with Crippen molar-refractivity contribution in [2.24, 2.45) is 0 Å². The number of nitrogens with zero attached hydrogens (tertiary/aromatic N) is 3. The van der Waals surface area contributed by atoms with E-state index < -0.39 is 0 Å². The first-order valence-corrected chi connectivity index (χ1v) is 11.8. The highest BCUT2D eigenvalue weighted by Gasteiger charge is 2.23. The third kappa shape index (κ3) is 5.51. The molecule has 0 radical (unpaired) electrons. The Morgan fingerprint density at radius 2 is 2.04 bits per heavy atom. The van der Waals surface area contributed by atoms with Gasteiger partial charge in [-0.25, -0.2) is 0 Å². The van der Waals surface area contributed by atoms with E-state index >= 15 is 0 Å². The molecule has 1 saturated carbocycles. The van der Waals surface area contributed by atoms with Crippen LogP contribution in [-0.2, 0) is 11.2 Å². The summed E-state index contributed by atoms with van der Waals surface area (Å²) in [6.07, 6.45) is 8.85. The Bertz CT molecular complexity index is 756. The van der Waals surface area contributed by atoms with Crippen molar-refractivity contribution in [3.05, 3.63) is 35.7 Å². The number of benzene rings is 1. The fourth-order valence-electron chi connectivity index (χ4n) is 3.53. The first-order chi connectivity index (χ1) is 13.2. The molecule has 0 atom stereocenters. The largest absolute Gasteiger partial charge is 0.355 e. The molecule has 5 nitrogen and oxygen atoms in total. The van der Waals surface area contributed by atoms with Crippen LogP contribution < -0.4 is 5.32 Å². The molecule has 0 aliphatic heterocycles. The molecule has 1 aromatic heterocycles. The predicted molar refractivity (Wildman–Crippen MR) is 113 cm³/mol. The predicted octanol–water partition coefficient (Wildman–Crippen LogP) is 4.26. The van der Waals surface area contributed by atoms with E-state index in [0.717, 1.165) is 23.8 Å². The van der Waals surface area contributed by atoms with Crippen LogP contribution in [0.1, 0.15) is 49.5 Å². The zero-order valence-electron chi connectivity index (χ0n) is 16.1. The normalized spacial score (nSPS) is 14.6. The molecule has 1 fully saturated rings. The lowest BCUT2D eigenvalue weighted by molar-refractivity contribution is -0.118. The van der Waals surface area contributed by atoms with E-state index in [9.17, 15) is 4.79 Å². The van der Waals surface area contributed by atoms with Crippen molar-refractivity contribution in [3.8, 4) is 0 Å². The Balaban J connectivity index is 1.43. The molecule has 7 heteroatoms. The summed E-state index contributed by atoms with van der Waals surface area (Å²) in [5.41, 5.74) is 1.21. The van der Waals surface area contributed by atoms with Crippen LogP contribution in [0, 0.1) is 6.92 Å². The molecule has 0 unspecified atom stereocenters. The number of aryl methyl sites for hydroxylation is 2. The van der Waals surface area contributed by atoms with Gasteiger partial charge in [-0.1, -0.05) is 42.8 Å². The topological polar surface area (TPSA) is 59.8 Å². The summed E-state index contributed by atoms with van der Waals surface area (Å²) in [4.78, 5) is 13.3. The van der Waals surface area contributed by atoms with Gasteiger partial charge in [0.1, 0.15) is 5.82 Å². The molecular formula is C20H28N4OS2. The Labute approximate surface area is 170 Å². The zero-order valence-corrected chi connectivity index (χ0v) is 17.7. The molecule has 0 saturated heterocycles. The average molecular weight is 405 g/mol. The molecule has 1 aromatic carbocycles. The van der Waals surface area contributed by atoms with E-state index in [2.05, 4.69) is 45.4 Å². The van der Waals surface area contributed by atoms with Crippen LogP contribution in [0.5, 0.6) is 0 Å². The molecule has 1 heterocycles. The van der Waals surface area contributed by atoms with Crippen LogP contribution in [0.25, 0.3) is 0 Å². The number of hydrogen-bond donors (Lipinski definition) is 1. The molecule has 146 valence electrons. The van der Waals surface area contributed by atoms with E-state index in [0.29, 0.717) is 18.3 Å². The second-order valence-electron chi connectivity index (χ2n) is 6.92. The molecule has 1 aliphatic rings. The number of nitrogens with one attached hydrogen (secondary N) is 1. The smallest absolute Gasteiger partial charge is 0.230 e. The van der Waals surface area contributed by atoms with E-state index in [4.69, 9.17) is 0 Å². The summed E-state index contributed by atoms with van der Waals surface area (Å²) >= 11 is 3.26. The Morgan fingerprint density at radius 3 is 2.78 bits per heavy atom. The third-order valence-corrected chi connectivity index (χ3v) is 6.78. The van der Waals surface area contributed by atoms with Gasteiger partial charge in [-0.15, -0.1) is 22.0 Å². The highest BCUT2D eigenvalue weighted by atomic mass is 32.2. The van der Waals surface area contributed by atoms with Crippen molar-refractivity contribution in [1.82, 2.24) is 20.1 Å². The molecule has 3 rings (SSSR count). The Kier molecular flexibility index (Phi) is 7.64. The van der Waals surface area contributed by atoms with E-state index in [1.165, 1.54) is 36.1 Å². The summed E-state index contributed by atoms with van der Waals surface area (Å²) < 4.78 is 2.34. The number of carbonyl (C=O) groups excluding carboxylic acids is 1. The fourth-order valence-corrected chi connectivity index (χ4v) is 4.97. The lowest BCUT2D eigenvalue weighted by atomic mass is 10.2. The van der Waals surface area contributed by atoms with Gasteiger partial charge >= 0.3 is 0 Å². The van der Waals surface area contributed by atoms with Crippen LogP contribution in [0.2, 0.25) is 0 Å². The van der Waals surface area contributed by atoms with Crippen molar-refractivity contribution in [2.75, 3.05) is 18.6 Å². The van der Waals surface area contributed by atoms with Crippen LogP contribution in [0.3, 0.4) is 0 Å². The van der Waals surface area contributed by atoms with Crippen molar-refractivity contribution in [3.63, 3.8) is 0 Å². The molecule has 1 amide bonds. The lowest BCUT2D eigenvalue weighted by Crippen LogP contribution is -2.26. The van der Waals surface area contributed by atoms with Gasteiger partial charge in [0, 0.05) is 23.9 Å². The number of carbonyl (C=O) groups is 1. The van der Waals surface area contributed by atoms with Crippen LogP contribution in [0.4, 0.5) is 0 Å². The SMILES string of the molecule is CSc1nnc(CCCNC(=O)CSc2ccccc2C)n1C1CCCC1. The van der Waals surface area contributed by atoms with E-state index in [-0.39, 0.29) is 5.91 Å². The van der Waals surface area contributed by atoms with Crippen LogP contribution >= 0.6 is 23.5 Å². The van der Waals surface area contributed by atoms with E-state index in [1.807, 2.05) is 12.1 Å². The molecule has 1 aliphatic carbocycles. The number of thioether (sulfide) groups is 2. The number of amides is 1. The molecular weight excluding hydrogens is 376 g/mol. The highest BCUT2D eigenvalue weighted by Crippen LogP contribution is 2.33. The Hall–Kier alpha value is -1.47. The Morgan fingerprint density at radius 1 is 1.26 bits per heavy atom. The summed E-state index contributed by atoms with van der Waals surface area (Å²) in [6, 6.07) is 8.72. The quantitative estimate of drug-likeness (QED) is 0.500. The minimum Gasteiger partial charge on any atom is -0.355 e. The lowest BCUT2D eigenvalue weighted by Gasteiger charge is -2.16. The van der Waals surface area contributed by atoms with Crippen molar-refractivity contribution >= 4 is 29.4 Å². The fraction of sp³-hybridized carbons (Fsp3) is 0.550. The first-order valence-electron chi connectivity index (χ1n) is 9.62. The van der Waals surface area contributed by atoms with E-state index in [1.54, 1.807) is 23.5 Å². The van der Waals surface area contributed by atoms with Crippen molar-refractivity contribution < 1.29 is 4.79 Å². The highest BCUT2D eigenvalue weighted by molar-refractivity contribution is 8.00. The van der Waals surface area contributed by atoms with Gasteiger partial charge in [0.25, 0.3) is 0 Å². The summed E-state index contributed by atoms with van der Waals surface area (Å²) in [5.74, 6) is 1.61. The zero-order chi connectivity index (χ0) is 19.1. The first kappa shape index (κ1) is 20.3. The number of aromatic nitrogens is 3.